The minimum atomic E-state index is -0.323. The summed E-state index contributed by atoms with van der Waals surface area (Å²) in [6, 6.07) is 10.6. The molecule has 0 aliphatic heterocycles. The molecule has 0 aliphatic rings. The number of carbonyl (C=O) groups is 1. The van der Waals surface area contributed by atoms with E-state index >= 15 is 0 Å². The Kier molecular flexibility index (Phi) is 3.86. The number of methoxy groups -OCH3 is 1. The Morgan fingerprint density at radius 3 is 2.83 bits per heavy atom. The van der Waals surface area contributed by atoms with Crippen LogP contribution in [0.5, 0.6) is 5.75 Å². The molecule has 2 amide bonds. The molecule has 5 nitrogen and oxygen atoms in total. The van der Waals surface area contributed by atoms with Crippen molar-refractivity contribution in [1.82, 2.24) is 5.32 Å². The lowest BCUT2D eigenvalue weighted by Gasteiger charge is -2.09. The number of carbonyl (C=O) groups excluding carboxylic acids is 1. The molecule has 0 spiro atoms. The summed E-state index contributed by atoms with van der Waals surface area (Å²) in [5.74, 6) is 1.16. The van der Waals surface area contributed by atoms with Crippen molar-refractivity contribution in [2.75, 3.05) is 12.4 Å². The number of anilines is 1. The molecule has 0 unspecified atom stereocenters. The van der Waals surface area contributed by atoms with E-state index in [2.05, 4.69) is 10.6 Å². The molecular weight excluding hydrogens is 232 g/mol. The van der Waals surface area contributed by atoms with Gasteiger partial charge in [0.1, 0.15) is 5.75 Å². The van der Waals surface area contributed by atoms with Gasteiger partial charge in [-0.2, -0.15) is 0 Å². The van der Waals surface area contributed by atoms with Crippen molar-refractivity contribution >= 4 is 11.9 Å². The van der Waals surface area contributed by atoms with E-state index in [9.17, 15) is 4.79 Å². The van der Waals surface area contributed by atoms with Crippen LogP contribution >= 0.6 is 0 Å². The lowest BCUT2D eigenvalue weighted by molar-refractivity contribution is 0.251. The lowest BCUT2D eigenvalue weighted by Crippen LogP contribution is -2.28. The van der Waals surface area contributed by atoms with Crippen LogP contribution in [0, 0.1) is 0 Å². The molecule has 0 bridgehead atoms. The summed E-state index contributed by atoms with van der Waals surface area (Å²) in [6.45, 7) is 0.385. The smallest absolute Gasteiger partial charge is 0.321 e. The van der Waals surface area contributed by atoms with E-state index in [0.717, 1.165) is 11.3 Å². The van der Waals surface area contributed by atoms with Gasteiger partial charge in [-0.3, -0.25) is 5.32 Å². The highest BCUT2D eigenvalue weighted by Gasteiger charge is 2.05. The number of rotatable bonds is 4. The highest BCUT2D eigenvalue weighted by atomic mass is 16.5. The van der Waals surface area contributed by atoms with Gasteiger partial charge in [-0.15, -0.1) is 0 Å². The first-order chi connectivity index (χ1) is 8.79. The number of ether oxygens (including phenoxy) is 1. The number of nitrogens with one attached hydrogen (secondary N) is 2. The zero-order valence-corrected chi connectivity index (χ0v) is 9.97. The maximum Gasteiger partial charge on any atom is 0.321 e. The van der Waals surface area contributed by atoms with Gasteiger partial charge in [0.2, 0.25) is 5.88 Å². The zero-order chi connectivity index (χ0) is 12.8. The minimum absolute atomic E-state index is 0.323. The van der Waals surface area contributed by atoms with E-state index in [4.69, 9.17) is 9.15 Å². The number of furan rings is 1. The normalized spacial score (nSPS) is 9.83. The summed E-state index contributed by atoms with van der Waals surface area (Å²) in [5, 5.41) is 5.29. The molecule has 5 heteroatoms. The molecule has 18 heavy (non-hydrogen) atoms. The molecule has 0 radical (unpaired) electrons. The van der Waals surface area contributed by atoms with Crippen LogP contribution in [0.15, 0.2) is 47.1 Å². The van der Waals surface area contributed by atoms with Gasteiger partial charge in [0.05, 0.1) is 13.4 Å². The predicted octanol–water partition coefficient (Wildman–Crippen LogP) is 2.61. The van der Waals surface area contributed by atoms with E-state index in [1.54, 1.807) is 19.2 Å². The van der Waals surface area contributed by atoms with Crippen LogP contribution in [-0.2, 0) is 6.54 Å². The molecular formula is C13H14N2O3. The Labute approximate surface area is 105 Å². The van der Waals surface area contributed by atoms with Crippen molar-refractivity contribution in [1.29, 1.82) is 0 Å². The van der Waals surface area contributed by atoms with Gasteiger partial charge in [-0.1, -0.05) is 18.2 Å². The standard InChI is InChI=1S/C13H14N2O3/c1-17-11-6-3-2-5-10(11)9-14-13(16)15-12-7-4-8-18-12/h2-8H,9H2,1H3,(H2,14,15,16). The Morgan fingerprint density at radius 1 is 1.28 bits per heavy atom. The van der Waals surface area contributed by atoms with E-state index in [1.165, 1.54) is 6.26 Å². The number of para-hydroxylation sites is 1. The van der Waals surface area contributed by atoms with Crippen molar-refractivity contribution in [3.05, 3.63) is 48.2 Å². The predicted molar refractivity (Wildman–Crippen MR) is 67.6 cm³/mol. The number of hydrogen-bond donors (Lipinski definition) is 2. The van der Waals surface area contributed by atoms with Crippen LogP contribution in [0.2, 0.25) is 0 Å². The third-order valence-corrected chi connectivity index (χ3v) is 2.39. The van der Waals surface area contributed by atoms with Crippen molar-refractivity contribution < 1.29 is 13.9 Å². The number of urea groups is 1. The molecule has 0 saturated carbocycles. The maximum absolute atomic E-state index is 11.6. The van der Waals surface area contributed by atoms with Crippen LogP contribution in [0.3, 0.4) is 0 Å². The van der Waals surface area contributed by atoms with E-state index in [1.807, 2.05) is 24.3 Å². The third kappa shape index (κ3) is 3.04. The Hall–Kier alpha value is -2.43. The second kappa shape index (κ2) is 5.77. The maximum atomic E-state index is 11.6. The summed E-state index contributed by atoms with van der Waals surface area (Å²) in [7, 11) is 1.60. The molecule has 2 rings (SSSR count). The van der Waals surface area contributed by atoms with Crippen LogP contribution in [-0.4, -0.2) is 13.1 Å². The van der Waals surface area contributed by atoms with Crippen molar-refractivity contribution in [2.24, 2.45) is 0 Å². The van der Waals surface area contributed by atoms with E-state index < -0.39 is 0 Å². The first-order valence-electron chi connectivity index (χ1n) is 5.50. The average molecular weight is 246 g/mol. The zero-order valence-electron chi connectivity index (χ0n) is 9.97. The van der Waals surface area contributed by atoms with Gasteiger partial charge in [0, 0.05) is 18.2 Å². The van der Waals surface area contributed by atoms with Crippen molar-refractivity contribution in [2.45, 2.75) is 6.54 Å². The molecule has 1 heterocycles. The summed E-state index contributed by atoms with van der Waals surface area (Å²) in [5.41, 5.74) is 0.912. The summed E-state index contributed by atoms with van der Waals surface area (Å²) < 4.78 is 10.2. The Morgan fingerprint density at radius 2 is 2.11 bits per heavy atom. The summed E-state index contributed by atoms with van der Waals surface area (Å²) in [6.07, 6.45) is 1.50. The van der Waals surface area contributed by atoms with Crippen molar-refractivity contribution in [3.63, 3.8) is 0 Å². The quantitative estimate of drug-likeness (QED) is 0.871. The van der Waals surface area contributed by atoms with E-state index in [-0.39, 0.29) is 6.03 Å². The second-order valence-electron chi connectivity index (χ2n) is 3.60. The van der Waals surface area contributed by atoms with Gasteiger partial charge in [-0.25, -0.2) is 4.79 Å². The topological polar surface area (TPSA) is 63.5 Å². The van der Waals surface area contributed by atoms with Crippen LogP contribution < -0.4 is 15.4 Å². The van der Waals surface area contributed by atoms with Gasteiger partial charge >= 0.3 is 6.03 Å². The molecule has 0 aliphatic carbocycles. The average Bonchev–Trinajstić information content (AvgIpc) is 2.89. The van der Waals surface area contributed by atoms with Gasteiger partial charge in [0.25, 0.3) is 0 Å². The Bertz CT molecular complexity index is 509. The Balaban J connectivity index is 1.89. The second-order valence-corrected chi connectivity index (χ2v) is 3.60. The highest BCUT2D eigenvalue weighted by Crippen LogP contribution is 2.16. The van der Waals surface area contributed by atoms with Gasteiger partial charge < -0.3 is 14.5 Å². The number of hydrogen-bond acceptors (Lipinski definition) is 3. The molecule has 94 valence electrons. The third-order valence-electron chi connectivity index (χ3n) is 2.39. The lowest BCUT2D eigenvalue weighted by atomic mass is 10.2. The molecule has 0 saturated heterocycles. The summed E-state index contributed by atoms with van der Waals surface area (Å²) >= 11 is 0. The fourth-order valence-electron chi connectivity index (χ4n) is 1.53. The van der Waals surface area contributed by atoms with Crippen LogP contribution in [0.25, 0.3) is 0 Å². The van der Waals surface area contributed by atoms with Crippen LogP contribution in [0.1, 0.15) is 5.56 Å². The molecule has 2 aromatic rings. The van der Waals surface area contributed by atoms with Gasteiger partial charge in [-0.05, 0) is 12.1 Å². The van der Waals surface area contributed by atoms with Crippen LogP contribution in [0.4, 0.5) is 10.7 Å². The summed E-state index contributed by atoms with van der Waals surface area (Å²) in [4.78, 5) is 11.6. The van der Waals surface area contributed by atoms with Gasteiger partial charge in [0.15, 0.2) is 0 Å². The number of benzene rings is 1. The number of amides is 2. The largest absolute Gasteiger partial charge is 0.496 e. The SMILES string of the molecule is COc1ccccc1CNC(=O)Nc1ccco1. The molecule has 1 aromatic heterocycles. The fraction of sp³-hybridized carbons (Fsp3) is 0.154. The minimum Gasteiger partial charge on any atom is -0.496 e. The highest BCUT2D eigenvalue weighted by molar-refractivity contribution is 5.87. The fourth-order valence-corrected chi connectivity index (χ4v) is 1.53. The molecule has 1 aromatic carbocycles. The first-order valence-corrected chi connectivity index (χ1v) is 5.50. The monoisotopic (exact) mass is 246 g/mol. The molecule has 2 N–H and O–H groups in total. The molecule has 0 atom stereocenters. The molecule has 0 fully saturated rings. The first kappa shape index (κ1) is 12.0. The van der Waals surface area contributed by atoms with E-state index in [0.29, 0.717) is 12.4 Å². The van der Waals surface area contributed by atoms with Crippen molar-refractivity contribution in [3.8, 4) is 5.75 Å².